The van der Waals surface area contributed by atoms with Crippen molar-refractivity contribution >= 4 is 24.0 Å². The summed E-state index contributed by atoms with van der Waals surface area (Å²) in [5.74, 6) is 0. The zero-order valence-corrected chi connectivity index (χ0v) is 9.66. The Hall–Kier alpha value is -0.490. The molecule has 1 rings (SSSR count). The predicted octanol–water partition coefficient (Wildman–Crippen LogP) is 2.74. The zero-order chi connectivity index (χ0) is 11.6. The van der Waals surface area contributed by atoms with Crippen molar-refractivity contribution in [3.05, 3.63) is 34.3 Å². The summed E-state index contributed by atoms with van der Waals surface area (Å²) in [6.45, 7) is 0.154. The van der Waals surface area contributed by atoms with Gasteiger partial charge in [-0.25, -0.2) is 0 Å². The van der Waals surface area contributed by atoms with E-state index >= 15 is 0 Å². The van der Waals surface area contributed by atoms with Gasteiger partial charge in [-0.2, -0.15) is 13.2 Å². The molecule has 92 valence electrons. The topological polar surface area (TPSA) is 52.0 Å². The van der Waals surface area contributed by atoms with E-state index in [-0.39, 0.29) is 24.0 Å². The summed E-state index contributed by atoms with van der Waals surface area (Å²) in [6.07, 6.45) is -4.44. The lowest BCUT2D eigenvalue weighted by Crippen LogP contribution is -2.21. The van der Waals surface area contributed by atoms with Gasteiger partial charge in [0.05, 0.1) is 10.6 Å². The number of alkyl halides is 3. The molecule has 0 amide bonds. The molecule has 0 unspecified atom stereocenters. The first-order valence-corrected chi connectivity index (χ1v) is 4.56. The van der Waals surface area contributed by atoms with E-state index in [0.29, 0.717) is 5.56 Å². The molecule has 0 aliphatic carbocycles. The molecular formula is C9H11Cl2F3N2. The third-order valence-corrected chi connectivity index (χ3v) is 2.29. The highest BCUT2D eigenvalue weighted by Crippen LogP contribution is 2.35. The second-order valence-corrected chi connectivity index (χ2v) is 3.49. The maximum absolute atomic E-state index is 12.3. The molecule has 0 aliphatic rings. The summed E-state index contributed by atoms with van der Waals surface area (Å²) >= 11 is 5.50. The van der Waals surface area contributed by atoms with Crippen molar-refractivity contribution in [1.29, 1.82) is 0 Å². The Morgan fingerprint density at radius 1 is 1.31 bits per heavy atom. The van der Waals surface area contributed by atoms with Crippen molar-refractivity contribution in [3.8, 4) is 0 Å². The van der Waals surface area contributed by atoms with Crippen molar-refractivity contribution in [2.24, 2.45) is 11.5 Å². The lowest BCUT2D eigenvalue weighted by atomic mass is 10.1. The summed E-state index contributed by atoms with van der Waals surface area (Å²) in [5.41, 5.74) is 10.5. The van der Waals surface area contributed by atoms with Crippen LogP contribution in [0, 0.1) is 0 Å². The van der Waals surface area contributed by atoms with Gasteiger partial charge in [-0.3, -0.25) is 0 Å². The summed E-state index contributed by atoms with van der Waals surface area (Å²) in [6, 6.07) is 2.89. The third-order valence-electron chi connectivity index (χ3n) is 1.98. The molecule has 2 nitrogen and oxygen atoms in total. The van der Waals surface area contributed by atoms with E-state index < -0.39 is 17.8 Å². The van der Waals surface area contributed by atoms with Crippen LogP contribution < -0.4 is 11.5 Å². The van der Waals surface area contributed by atoms with Crippen LogP contribution in [0.5, 0.6) is 0 Å². The van der Waals surface area contributed by atoms with Crippen molar-refractivity contribution < 1.29 is 13.2 Å². The highest BCUT2D eigenvalue weighted by molar-refractivity contribution is 6.31. The van der Waals surface area contributed by atoms with Crippen LogP contribution in [0.15, 0.2) is 18.2 Å². The Kier molecular flexibility index (Phi) is 5.55. The average Bonchev–Trinajstić information content (AvgIpc) is 2.14. The van der Waals surface area contributed by atoms with Gasteiger partial charge in [-0.1, -0.05) is 17.7 Å². The lowest BCUT2D eigenvalue weighted by Gasteiger charge is -2.13. The van der Waals surface area contributed by atoms with Crippen LogP contribution in [-0.2, 0) is 6.18 Å². The van der Waals surface area contributed by atoms with E-state index in [1.54, 1.807) is 0 Å². The van der Waals surface area contributed by atoms with Crippen LogP contribution in [0.2, 0.25) is 5.02 Å². The average molecular weight is 275 g/mol. The van der Waals surface area contributed by atoms with Crippen molar-refractivity contribution in [3.63, 3.8) is 0 Å². The summed E-state index contributed by atoms with van der Waals surface area (Å²) in [7, 11) is 0. The quantitative estimate of drug-likeness (QED) is 0.871. The van der Waals surface area contributed by atoms with E-state index in [2.05, 4.69) is 0 Å². The van der Waals surface area contributed by atoms with Gasteiger partial charge in [0, 0.05) is 12.6 Å². The Morgan fingerprint density at radius 3 is 2.25 bits per heavy atom. The molecule has 0 bridgehead atoms. The largest absolute Gasteiger partial charge is 0.417 e. The Morgan fingerprint density at radius 2 is 1.88 bits per heavy atom. The van der Waals surface area contributed by atoms with Gasteiger partial charge in [-0.15, -0.1) is 12.4 Å². The number of nitrogens with two attached hydrogens (primary N) is 2. The van der Waals surface area contributed by atoms with Crippen LogP contribution in [0.4, 0.5) is 13.2 Å². The minimum absolute atomic E-state index is 0. The Labute approximate surface area is 102 Å². The molecule has 0 aromatic heterocycles. The van der Waals surface area contributed by atoms with Gasteiger partial charge in [0.2, 0.25) is 0 Å². The fraction of sp³-hybridized carbons (Fsp3) is 0.333. The summed E-state index contributed by atoms with van der Waals surface area (Å²) in [5, 5.41) is -0.357. The number of rotatable bonds is 2. The van der Waals surface area contributed by atoms with Gasteiger partial charge in [0.15, 0.2) is 0 Å². The van der Waals surface area contributed by atoms with Crippen LogP contribution in [0.3, 0.4) is 0 Å². The molecule has 1 aromatic carbocycles. The number of halogens is 5. The summed E-state index contributed by atoms with van der Waals surface area (Å²) in [4.78, 5) is 0. The molecule has 0 aliphatic heterocycles. The maximum Gasteiger partial charge on any atom is 0.417 e. The van der Waals surface area contributed by atoms with Gasteiger partial charge in [0.1, 0.15) is 0 Å². The Balaban J connectivity index is 0.00000225. The van der Waals surface area contributed by atoms with Gasteiger partial charge < -0.3 is 11.5 Å². The van der Waals surface area contributed by atoms with Crippen molar-refractivity contribution in [1.82, 2.24) is 0 Å². The van der Waals surface area contributed by atoms with Crippen LogP contribution in [0.1, 0.15) is 17.2 Å². The first kappa shape index (κ1) is 15.5. The number of hydrogen-bond acceptors (Lipinski definition) is 2. The lowest BCUT2D eigenvalue weighted by molar-refractivity contribution is -0.137. The fourth-order valence-corrected chi connectivity index (χ4v) is 1.42. The number of hydrogen-bond donors (Lipinski definition) is 2. The monoisotopic (exact) mass is 274 g/mol. The zero-order valence-electron chi connectivity index (χ0n) is 8.09. The van der Waals surface area contributed by atoms with Gasteiger partial charge >= 0.3 is 6.18 Å². The molecule has 0 spiro atoms. The molecule has 4 N–H and O–H groups in total. The fourth-order valence-electron chi connectivity index (χ4n) is 1.13. The van der Waals surface area contributed by atoms with Crippen molar-refractivity contribution in [2.75, 3.05) is 6.54 Å². The highest BCUT2D eigenvalue weighted by atomic mass is 35.5. The molecule has 0 saturated heterocycles. The molecule has 16 heavy (non-hydrogen) atoms. The van der Waals surface area contributed by atoms with E-state index in [9.17, 15) is 13.2 Å². The van der Waals surface area contributed by atoms with Gasteiger partial charge in [0.25, 0.3) is 0 Å². The van der Waals surface area contributed by atoms with Crippen LogP contribution >= 0.6 is 24.0 Å². The standard InChI is InChI=1S/C9H10ClF3N2.ClH/c10-7-3-5(8(15)4-14)1-2-6(7)9(11,12)13;/h1-3,8H,4,14-15H2;1H/t8-;/m0./s1. The smallest absolute Gasteiger partial charge is 0.329 e. The second kappa shape index (κ2) is 5.72. The van der Waals surface area contributed by atoms with Crippen molar-refractivity contribution in [2.45, 2.75) is 12.2 Å². The van der Waals surface area contributed by atoms with E-state index in [1.807, 2.05) is 0 Å². The summed E-state index contributed by atoms with van der Waals surface area (Å²) < 4.78 is 37.0. The minimum atomic E-state index is -4.44. The molecule has 0 fully saturated rings. The first-order valence-electron chi connectivity index (χ1n) is 4.18. The van der Waals surface area contributed by atoms with E-state index in [1.165, 1.54) is 12.1 Å². The van der Waals surface area contributed by atoms with Gasteiger partial charge in [-0.05, 0) is 17.7 Å². The molecule has 1 atom stereocenters. The second-order valence-electron chi connectivity index (χ2n) is 3.08. The SMILES string of the molecule is Cl.NC[C@H](N)c1ccc(C(F)(F)F)c(Cl)c1. The molecule has 0 heterocycles. The first-order chi connectivity index (χ1) is 6.86. The minimum Gasteiger partial charge on any atom is -0.329 e. The predicted molar refractivity (Wildman–Crippen MR) is 59.7 cm³/mol. The molecule has 1 aromatic rings. The third kappa shape index (κ3) is 3.52. The van der Waals surface area contributed by atoms with Crippen LogP contribution in [-0.4, -0.2) is 6.54 Å². The Bertz CT molecular complexity index is 355. The maximum atomic E-state index is 12.3. The molecular weight excluding hydrogens is 264 g/mol. The highest BCUT2D eigenvalue weighted by Gasteiger charge is 2.33. The molecule has 0 saturated carbocycles. The molecule has 7 heteroatoms. The number of benzene rings is 1. The van der Waals surface area contributed by atoms with E-state index in [0.717, 1.165) is 6.07 Å². The molecule has 0 radical (unpaired) electrons. The van der Waals surface area contributed by atoms with Crippen LogP contribution in [0.25, 0.3) is 0 Å². The normalized spacial score (nSPS) is 13.1. The van der Waals surface area contributed by atoms with E-state index in [4.69, 9.17) is 23.1 Å².